The number of hydrogen-bond acceptors (Lipinski definition) is 4. The summed E-state index contributed by atoms with van der Waals surface area (Å²) in [7, 11) is 1.83. The second-order valence-corrected chi connectivity index (χ2v) is 8.51. The minimum atomic E-state index is -1.33. The van der Waals surface area contributed by atoms with Gasteiger partial charge >= 0.3 is 12.0 Å². The lowest BCUT2D eigenvalue weighted by molar-refractivity contribution is -0.141. The first-order chi connectivity index (χ1) is 13.9. The van der Waals surface area contributed by atoms with Crippen molar-refractivity contribution in [2.75, 3.05) is 13.6 Å². The minimum absolute atomic E-state index is 0.0192. The summed E-state index contributed by atoms with van der Waals surface area (Å²) in [6, 6.07) is -0.839. The van der Waals surface area contributed by atoms with Crippen LogP contribution in [0.2, 0.25) is 0 Å². The van der Waals surface area contributed by atoms with Gasteiger partial charge in [-0.25, -0.2) is 22.8 Å². The zero-order valence-corrected chi connectivity index (χ0v) is 17.1. The zero-order valence-electron chi connectivity index (χ0n) is 17.1. The van der Waals surface area contributed by atoms with Crippen LogP contribution in [0.15, 0.2) is 12.1 Å². The van der Waals surface area contributed by atoms with Gasteiger partial charge in [-0.15, -0.1) is 0 Å². The Balaban J connectivity index is 2.09. The van der Waals surface area contributed by atoms with Crippen molar-refractivity contribution in [1.82, 2.24) is 20.0 Å². The van der Waals surface area contributed by atoms with Gasteiger partial charge in [-0.2, -0.15) is 9.78 Å². The molecule has 1 aromatic carbocycles. The molecule has 1 aliphatic heterocycles. The van der Waals surface area contributed by atoms with Gasteiger partial charge in [0.05, 0.1) is 5.69 Å². The molecule has 10 heteroatoms. The lowest BCUT2D eigenvalue weighted by atomic mass is 9.87. The summed E-state index contributed by atoms with van der Waals surface area (Å²) in [5, 5.41) is 16.1. The molecule has 2 N–H and O–H groups in total. The molecule has 7 nitrogen and oxygen atoms in total. The number of aromatic nitrogens is 2. The van der Waals surface area contributed by atoms with Gasteiger partial charge in [0.2, 0.25) is 0 Å². The number of carboxylic acid groups (broad SMARTS) is 1. The fourth-order valence-electron chi connectivity index (χ4n) is 3.48. The Bertz CT molecular complexity index is 1010. The first-order valence-corrected chi connectivity index (χ1v) is 9.38. The van der Waals surface area contributed by atoms with Crippen LogP contribution in [0.4, 0.5) is 18.0 Å². The van der Waals surface area contributed by atoms with Crippen molar-refractivity contribution in [3.8, 4) is 11.3 Å². The van der Waals surface area contributed by atoms with E-state index in [1.165, 1.54) is 0 Å². The molecule has 0 unspecified atom stereocenters. The molecule has 0 bridgehead atoms. The quantitative estimate of drug-likeness (QED) is 0.740. The van der Waals surface area contributed by atoms with Gasteiger partial charge in [-0.1, -0.05) is 20.8 Å². The molecule has 1 atom stereocenters. The van der Waals surface area contributed by atoms with Crippen molar-refractivity contribution in [3.63, 3.8) is 0 Å². The average molecular weight is 424 g/mol. The first-order valence-electron chi connectivity index (χ1n) is 9.38. The van der Waals surface area contributed by atoms with E-state index in [1.807, 2.05) is 11.9 Å². The molecule has 1 amide bonds. The van der Waals surface area contributed by atoms with Crippen LogP contribution in [0.5, 0.6) is 0 Å². The number of rotatable bonds is 3. The van der Waals surface area contributed by atoms with E-state index in [-0.39, 0.29) is 11.3 Å². The standard InChI is InChI=1S/C20H23F3N4O3/c1-20(2,3)17(18(28)29)24-19(30)27-15-5-6-26(4)9-11(15)16(25-27)10-7-13(22)14(23)8-12(10)21/h7-8,17H,5-6,9H2,1-4H3,(H,24,30)(H,28,29)/t17-/m1/s1. The van der Waals surface area contributed by atoms with Crippen LogP contribution in [-0.2, 0) is 17.8 Å². The van der Waals surface area contributed by atoms with E-state index in [0.717, 1.165) is 4.68 Å². The Morgan fingerprint density at radius 1 is 1.17 bits per heavy atom. The van der Waals surface area contributed by atoms with Crippen molar-refractivity contribution < 1.29 is 27.9 Å². The highest BCUT2D eigenvalue weighted by Crippen LogP contribution is 2.32. The van der Waals surface area contributed by atoms with Crippen LogP contribution in [0.1, 0.15) is 32.0 Å². The number of amides is 1. The summed E-state index contributed by atoms with van der Waals surface area (Å²) in [4.78, 5) is 26.4. The number of fused-ring (bicyclic) bond motifs is 1. The Morgan fingerprint density at radius 3 is 2.40 bits per heavy atom. The number of nitrogens with one attached hydrogen (secondary N) is 1. The predicted molar refractivity (Wildman–Crippen MR) is 102 cm³/mol. The molecule has 0 saturated heterocycles. The highest BCUT2D eigenvalue weighted by Gasteiger charge is 2.35. The molecular weight excluding hydrogens is 401 g/mol. The van der Waals surface area contributed by atoms with Crippen LogP contribution in [0.3, 0.4) is 0 Å². The third-order valence-corrected chi connectivity index (χ3v) is 5.09. The van der Waals surface area contributed by atoms with Crippen LogP contribution in [0, 0.1) is 22.9 Å². The van der Waals surface area contributed by atoms with E-state index in [2.05, 4.69) is 10.4 Å². The summed E-state index contributed by atoms with van der Waals surface area (Å²) in [6.07, 6.45) is 0.394. The van der Waals surface area contributed by atoms with E-state index in [4.69, 9.17) is 0 Å². The number of benzene rings is 1. The van der Waals surface area contributed by atoms with Crippen molar-refractivity contribution in [3.05, 3.63) is 40.8 Å². The molecule has 0 saturated carbocycles. The van der Waals surface area contributed by atoms with E-state index >= 15 is 0 Å². The molecule has 0 radical (unpaired) electrons. The third kappa shape index (κ3) is 4.04. The molecule has 0 aliphatic carbocycles. The zero-order chi connectivity index (χ0) is 22.4. The summed E-state index contributed by atoms with van der Waals surface area (Å²) in [6.45, 7) is 5.91. The largest absolute Gasteiger partial charge is 0.480 e. The number of nitrogens with zero attached hydrogens (tertiary/aromatic N) is 3. The Hall–Kier alpha value is -2.88. The lowest BCUT2D eigenvalue weighted by Gasteiger charge is -2.28. The maximum atomic E-state index is 14.4. The van der Waals surface area contributed by atoms with E-state index in [9.17, 15) is 27.9 Å². The van der Waals surface area contributed by atoms with Crippen molar-refractivity contribution in [2.24, 2.45) is 5.41 Å². The Labute approximate surface area is 171 Å². The molecule has 3 rings (SSSR count). The predicted octanol–water partition coefficient (Wildman–Crippen LogP) is 3.01. The number of carboxylic acids is 1. The maximum absolute atomic E-state index is 14.4. The van der Waals surface area contributed by atoms with E-state index in [0.29, 0.717) is 42.9 Å². The molecule has 1 aromatic heterocycles. The molecule has 30 heavy (non-hydrogen) atoms. The van der Waals surface area contributed by atoms with Crippen molar-refractivity contribution in [2.45, 2.75) is 39.8 Å². The Kier molecular flexibility index (Phi) is 5.64. The second-order valence-electron chi connectivity index (χ2n) is 8.51. The van der Waals surface area contributed by atoms with Gasteiger partial charge in [0, 0.05) is 36.7 Å². The number of carbonyl (C=O) groups excluding carboxylic acids is 1. The van der Waals surface area contributed by atoms with Crippen LogP contribution < -0.4 is 5.32 Å². The van der Waals surface area contributed by atoms with E-state index < -0.39 is 40.9 Å². The second kappa shape index (κ2) is 7.75. The monoisotopic (exact) mass is 424 g/mol. The van der Waals surface area contributed by atoms with Crippen molar-refractivity contribution in [1.29, 1.82) is 0 Å². The fraction of sp³-hybridized carbons (Fsp3) is 0.450. The number of hydrogen-bond donors (Lipinski definition) is 2. The summed E-state index contributed by atoms with van der Waals surface area (Å²) >= 11 is 0. The van der Waals surface area contributed by atoms with Gasteiger partial charge in [0.1, 0.15) is 17.6 Å². The summed E-state index contributed by atoms with van der Waals surface area (Å²) in [5.74, 6) is -4.77. The molecule has 2 aromatic rings. The highest BCUT2D eigenvalue weighted by atomic mass is 19.2. The summed E-state index contributed by atoms with van der Waals surface area (Å²) in [5.41, 5.74) is -0.0400. The smallest absolute Gasteiger partial charge is 0.343 e. The Morgan fingerprint density at radius 2 is 1.80 bits per heavy atom. The maximum Gasteiger partial charge on any atom is 0.343 e. The molecule has 2 heterocycles. The number of halogens is 3. The highest BCUT2D eigenvalue weighted by molar-refractivity contribution is 5.85. The fourth-order valence-corrected chi connectivity index (χ4v) is 3.48. The average Bonchev–Trinajstić information content (AvgIpc) is 2.99. The number of aliphatic carboxylic acids is 1. The minimum Gasteiger partial charge on any atom is -0.480 e. The number of carbonyl (C=O) groups is 2. The lowest BCUT2D eigenvalue weighted by Crippen LogP contribution is -2.50. The molecule has 0 fully saturated rings. The van der Waals surface area contributed by atoms with Gasteiger partial charge in [-0.3, -0.25) is 0 Å². The SMILES string of the molecule is CN1CCc2c(c(-c3cc(F)c(F)cc3F)nn2C(=O)N[C@H](C(=O)O)C(C)(C)C)C1. The van der Waals surface area contributed by atoms with Crippen molar-refractivity contribution >= 4 is 12.0 Å². The van der Waals surface area contributed by atoms with E-state index in [1.54, 1.807) is 20.8 Å². The summed E-state index contributed by atoms with van der Waals surface area (Å²) < 4.78 is 42.6. The topological polar surface area (TPSA) is 87.5 Å². The molecule has 162 valence electrons. The van der Waals surface area contributed by atoms with Gasteiger partial charge in [-0.05, 0) is 18.5 Å². The van der Waals surface area contributed by atoms with Gasteiger partial charge < -0.3 is 15.3 Å². The van der Waals surface area contributed by atoms with Gasteiger partial charge in [0.15, 0.2) is 11.6 Å². The third-order valence-electron chi connectivity index (χ3n) is 5.09. The van der Waals surface area contributed by atoms with Crippen LogP contribution in [-0.4, -0.2) is 51.4 Å². The molecule has 0 spiro atoms. The normalized spacial score (nSPS) is 15.6. The molecule has 1 aliphatic rings. The first kappa shape index (κ1) is 21.8. The van der Waals surface area contributed by atoms with Crippen LogP contribution in [0.25, 0.3) is 11.3 Å². The van der Waals surface area contributed by atoms with Gasteiger partial charge in [0.25, 0.3) is 0 Å². The number of likely N-dealkylation sites (N-methyl/N-ethyl adjacent to an activating group) is 1. The van der Waals surface area contributed by atoms with Crippen LogP contribution >= 0.6 is 0 Å². The molecular formula is C20H23F3N4O3.